The van der Waals surface area contributed by atoms with Crippen LogP contribution in [0.25, 0.3) is 11.0 Å². The predicted molar refractivity (Wildman–Crippen MR) is 71.9 cm³/mol. The fourth-order valence-electron chi connectivity index (χ4n) is 2.23. The van der Waals surface area contributed by atoms with E-state index in [1.807, 2.05) is 22.8 Å². The Hall–Kier alpha value is -1.75. The standard InChI is InChI=1S/C13H19N3O2/c1-4-9(8-17-2)16-10-6-5-7-11(18-3)12(10)15-13(16)14/h5-7,9H,4,8H2,1-3H3,(H2,14,15). The zero-order chi connectivity index (χ0) is 13.1. The number of nitrogens with zero attached hydrogens (tertiary/aromatic N) is 2. The summed E-state index contributed by atoms with van der Waals surface area (Å²) in [5.74, 6) is 1.24. The molecule has 0 radical (unpaired) electrons. The van der Waals surface area contributed by atoms with Crippen LogP contribution in [-0.4, -0.2) is 30.4 Å². The van der Waals surface area contributed by atoms with Crippen molar-refractivity contribution in [3.63, 3.8) is 0 Å². The maximum Gasteiger partial charge on any atom is 0.201 e. The van der Waals surface area contributed by atoms with Gasteiger partial charge in [0.2, 0.25) is 5.95 Å². The Morgan fingerprint density at radius 2 is 2.17 bits per heavy atom. The highest BCUT2D eigenvalue weighted by molar-refractivity contribution is 5.84. The third-order valence-corrected chi connectivity index (χ3v) is 3.13. The average Bonchev–Trinajstić information content (AvgIpc) is 2.72. The van der Waals surface area contributed by atoms with Crippen LogP contribution < -0.4 is 10.5 Å². The van der Waals surface area contributed by atoms with Gasteiger partial charge in [0, 0.05) is 7.11 Å². The molecule has 2 aromatic rings. The first-order valence-electron chi connectivity index (χ1n) is 6.02. The molecule has 1 aromatic heterocycles. The lowest BCUT2D eigenvalue weighted by Crippen LogP contribution is -2.15. The number of hydrogen-bond donors (Lipinski definition) is 1. The molecule has 0 aliphatic carbocycles. The van der Waals surface area contributed by atoms with Gasteiger partial charge in [-0.15, -0.1) is 0 Å². The molecule has 0 bridgehead atoms. The van der Waals surface area contributed by atoms with Crippen LogP contribution >= 0.6 is 0 Å². The van der Waals surface area contributed by atoms with Crippen molar-refractivity contribution in [1.29, 1.82) is 0 Å². The second-order valence-corrected chi connectivity index (χ2v) is 4.19. The molecule has 5 nitrogen and oxygen atoms in total. The number of methoxy groups -OCH3 is 2. The molecule has 1 atom stereocenters. The monoisotopic (exact) mass is 249 g/mol. The van der Waals surface area contributed by atoms with Crippen molar-refractivity contribution in [2.45, 2.75) is 19.4 Å². The van der Waals surface area contributed by atoms with Crippen molar-refractivity contribution in [2.24, 2.45) is 0 Å². The van der Waals surface area contributed by atoms with Gasteiger partial charge in [-0.1, -0.05) is 13.0 Å². The lowest BCUT2D eigenvalue weighted by molar-refractivity contribution is 0.155. The molecule has 5 heteroatoms. The number of aromatic nitrogens is 2. The van der Waals surface area contributed by atoms with Crippen LogP contribution in [0.1, 0.15) is 19.4 Å². The van der Waals surface area contributed by atoms with E-state index in [0.717, 1.165) is 23.2 Å². The molecule has 1 heterocycles. The van der Waals surface area contributed by atoms with Gasteiger partial charge in [0.1, 0.15) is 11.3 Å². The number of anilines is 1. The average molecular weight is 249 g/mol. The van der Waals surface area contributed by atoms with Crippen LogP contribution in [0.15, 0.2) is 18.2 Å². The highest BCUT2D eigenvalue weighted by Crippen LogP contribution is 2.30. The van der Waals surface area contributed by atoms with Crippen LogP contribution in [0.5, 0.6) is 5.75 Å². The fourth-order valence-corrected chi connectivity index (χ4v) is 2.23. The molecule has 2 N–H and O–H groups in total. The van der Waals surface area contributed by atoms with E-state index < -0.39 is 0 Å². The molecule has 18 heavy (non-hydrogen) atoms. The van der Waals surface area contributed by atoms with E-state index in [4.69, 9.17) is 15.2 Å². The number of nitrogen functional groups attached to an aromatic ring is 1. The summed E-state index contributed by atoms with van der Waals surface area (Å²) in [6.07, 6.45) is 0.931. The first-order valence-corrected chi connectivity index (χ1v) is 6.02. The van der Waals surface area contributed by atoms with E-state index in [9.17, 15) is 0 Å². The van der Waals surface area contributed by atoms with Crippen LogP contribution in [-0.2, 0) is 4.74 Å². The summed E-state index contributed by atoms with van der Waals surface area (Å²) in [5, 5.41) is 0. The summed E-state index contributed by atoms with van der Waals surface area (Å²) < 4.78 is 12.6. The lowest BCUT2D eigenvalue weighted by atomic mass is 10.2. The molecule has 0 aliphatic rings. The third kappa shape index (κ3) is 2.01. The Balaban J connectivity index is 2.59. The normalized spacial score (nSPS) is 12.8. The first-order chi connectivity index (χ1) is 8.72. The van der Waals surface area contributed by atoms with E-state index in [0.29, 0.717) is 12.6 Å². The summed E-state index contributed by atoms with van der Waals surface area (Å²) in [4.78, 5) is 4.40. The smallest absolute Gasteiger partial charge is 0.201 e. The SMILES string of the molecule is CCC(COC)n1c(N)nc2c(OC)cccc21. The van der Waals surface area contributed by atoms with E-state index >= 15 is 0 Å². The fraction of sp³-hybridized carbons (Fsp3) is 0.462. The lowest BCUT2D eigenvalue weighted by Gasteiger charge is -2.18. The number of hydrogen-bond acceptors (Lipinski definition) is 4. The maximum atomic E-state index is 6.02. The van der Waals surface area contributed by atoms with E-state index in [2.05, 4.69) is 11.9 Å². The topological polar surface area (TPSA) is 62.3 Å². The molecule has 98 valence electrons. The minimum atomic E-state index is 0.187. The molecule has 0 saturated carbocycles. The Morgan fingerprint density at radius 1 is 1.39 bits per heavy atom. The zero-order valence-corrected chi connectivity index (χ0v) is 11.0. The molecule has 0 spiro atoms. The van der Waals surface area contributed by atoms with Gasteiger partial charge in [0.25, 0.3) is 0 Å². The molecule has 0 saturated heterocycles. The first kappa shape index (κ1) is 12.7. The van der Waals surface area contributed by atoms with Gasteiger partial charge in [0.05, 0.1) is 25.3 Å². The van der Waals surface area contributed by atoms with E-state index in [1.165, 1.54) is 0 Å². The Kier molecular flexibility index (Phi) is 3.72. The molecular formula is C13H19N3O2. The van der Waals surface area contributed by atoms with Gasteiger partial charge in [-0.3, -0.25) is 0 Å². The van der Waals surface area contributed by atoms with Crippen molar-refractivity contribution >= 4 is 17.0 Å². The predicted octanol–water partition coefficient (Wildman–Crippen LogP) is 2.22. The van der Waals surface area contributed by atoms with Crippen LogP contribution in [0.3, 0.4) is 0 Å². The maximum absolute atomic E-state index is 6.02. The summed E-state index contributed by atoms with van der Waals surface area (Å²) in [6, 6.07) is 6.01. The second-order valence-electron chi connectivity index (χ2n) is 4.19. The van der Waals surface area contributed by atoms with Crippen molar-refractivity contribution in [2.75, 3.05) is 26.6 Å². The molecule has 1 aromatic carbocycles. The van der Waals surface area contributed by atoms with Crippen molar-refractivity contribution < 1.29 is 9.47 Å². The number of fused-ring (bicyclic) bond motifs is 1. The van der Waals surface area contributed by atoms with Crippen LogP contribution in [0.4, 0.5) is 5.95 Å². The summed E-state index contributed by atoms with van der Waals surface area (Å²) >= 11 is 0. The third-order valence-electron chi connectivity index (χ3n) is 3.13. The van der Waals surface area contributed by atoms with Gasteiger partial charge in [-0.25, -0.2) is 4.98 Å². The second kappa shape index (κ2) is 5.27. The minimum Gasteiger partial charge on any atom is -0.494 e. The number of imidazole rings is 1. The van der Waals surface area contributed by atoms with Gasteiger partial charge >= 0.3 is 0 Å². The Bertz CT molecular complexity index is 536. The number of para-hydroxylation sites is 1. The van der Waals surface area contributed by atoms with Crippen LogP contribution in [0.2, 0.25) is 0 Å². The molecule has 2 rings (SSSR count). The zero-order valence-electron chi connectivity index (χ0n) is 11.0. The number of nitrogens with two attached hydrogens (primary N) is 1. The van der Waals surface area contributed by atoms with E-state index in [-0.39, 0.29) is 6.04 Å². The van der Waals surface area contributed by atoms with Gasteiger partial charge < -0.3 is 19.8 Å². The van der Waals surface area contributed by atoms with E-state index in [1.54, 1.807) is 14.2 Å². The van der Waals surface area contributed by atoms with Crippen molar-refractivity contribution in [1.82, 2.24) is 9.55 Å². The minimum absolute atomic E-state index is 0.187. The highest BCUT2D eigenvalue weighted by atomic mass is 16.5. The molecule has 0 aliphatic heterocycles. The van der Waals surface area contributed by atoms with Gasteiger partial charge in [-0.05, 0) is 18.6 Å². The quantitative estimate of drug-likeness (QED) is 0.882. The Labute approximate surface area is 107 Å². The highest BCUT2D eigenvalue weighted by Gasteiger charge is 2.18. The van der Waals surface area contributed by atoms with Gasteiger partial charge in [0.15, 0.2) is 0 Å². The van der Waals surface area contributed by atoms with Gasteiger partial charge in [-0.2, -0.15) is 0 Å². The van der Waals surface area contributed by atoms with Crippen molar-refractivity contribution in [3.8, 4) is 5.75 Å². The molecule has 1 unspecified atom stereocenters. The number of benzene rings is 1. The molecule has 0 amide bonds. The molecule has 0 fully saturated rings. The summed E-state index contributed by atoms with van der Waals surface area (Å²) in [6.45, 7) is 2.72. The summed E-state index contributed by atoms with van der Waals surface area (Å²) in [7, 11) is 3.33. The Morgan fingerprint density at radius 3 is 2.78 bits per heavy atom. The van der Waals surface area contributed by atoms with Crippen LogP contribution in [0, 0.1) is 0 Å². The molecular weight excluding hydrogens is 230 g/mol. The number of ether oxygens (including phenoxy) is 2. The van der Waals surface area contributed by atoms with Crippen molar-refractivity contribution in [3.05, 3.63) is 18.2 Å². The largest absolute Gasteiger partial charge is 0.494 e. The number of rotatable bonds is 5. The summed E-state index contributed by atoms with van der Waals surface area (Å²) in [5.41, 5.74) is 7.80.